The molecule has 2 heterocycles. The Kier molecular flexibility index (Phi) is 9.96. The lowest BCUT2D eigenvalue weighted by molar-refractivity contribution is -0.159. The molecule has 0 saturated carbocycles. The van der Waals surface area contributed by atoms with Crippen LogP contribution < -0.4 is 10.0 Å². The smallest absolute Gasteiger partial charge is 0.340 e. The van der Waals surface area contributed by atoms with Gasteiger partial charge in [0.25, 0.3) is 0 Å². The standard InChI is InChI=1S/C31H39F3N2O5/c1-30(2,3)41-28(37)26-10-9-25(19-27(26)36(34)29(38)31(32,33)24-13-17-39-18-14-24)35-15-11-23(12-16-35)21-40-20-22-7-5-4-6-8-22/h4-10,19,23-24H,11-18,20-21H2,1-3H3. The van der Waals surface area contributed by atoms with Crippen LogP contribution in [0.4, 0.5) is 24.6 Å². The molecule has 10 heteroatoms. The van der Waals surface area contributed by atoms with E-state index in [4.69, 9.17) is 14.2 Å². The van der Waals surface area contributed by atoms with E-state index in [1.54, 1.807) is 26.8 Å². The van der Waals surface area contributed by atoms with E-state index in [-0.39, 0.29) is 31.6 Å². The van der Waals surface area contributed by atoms with Gasteiger partial charge in [0.05, 0.1) is 17.9 Å². The number of esters is 1. The highest BCUT2D eigenvalue weighted by molar-refractivity contribution is 6.04. The van der Waals surface area contributed by atoms with Crippen molar-refractivity contribution in [3.8, 4) is 0 Å². The van der Waals surface area contributed by atoms with E-state index in [1.165, 1.54) is 12.1 Å². The summed E-state index contributed by atoms with van der Waals surface area (Å²) in [6.07, 6.45) is 1.52. The van der Waals surface area contributed by atoms with Crippen molar-refractivity contribution in [3.05, 3.63) is 59.7 Å². The lowest BCUT2D eigenvalue weighted by atomic mass is 9.92. The van der Waals surface area contributed by atoms with Crippen molar-refractivity contribution in [2.45, 2.75) is 64.6 Å². The fraction of sp³-hybridized carbons (Fsp3) is 0.548. The van der Waals surface area contributed by atoms with Gasteiger partial charge in [0.1, 0.15) is 5.60 Å². The maximum absolute atomic E-state index is 15.7. The number of benzene rings is 2. The number of alkyl halides is 2. The van der Waals surface area contributed by atoms with E-state index >= 15 is 13.3 Å². The second kappa shape index (κ2) is 13.2. The monoisotopic (exact) mass is 576 g/mol. The van der Waals surface area contributed by atoms with Gasteiger partial charge in [-0.25, -0.2) is 4.79 Å². The van der Waals surface area contributed by atoms with Gasteiger partial charge in [-0.2, -0.15) is 8.78 Å². The van der Waals surface area contributed by atoms with Crippen LogP contribution in [-0.2, 0) is 25.6 Å². The molecule has 2 saturated heterocycles. The van der Waals surface area contributed by atoms with Crippen LogP contribution in [0.3, 0.4) is 0 Å². The van der Waals surface area contributed by atoms with Crippen LogP contribution >= 0.6 is 0 Å². The van der Waals surface area contributed by atoms with E-state index in [0.717, 1.165) is 18.4 Å². The SMILES string of the molecule is CC(C)(C)OC(=O)c1ccc(N2CCC(COCc3ccccc3)CC2)cc1N(F)C(=O)C(F)(F)C1CCOCC1. The van der Waals surface area contributed by atoms with Crippen molar-refractivity contribution < 1.29 is 37.1 Å². The second-order valence-corrected chi connectivity index (χ2v) is 11.7. The second-order valence-electron chi connectivity index (χ2n) is 11.7. The molecule has 0 unspecified atom stereocenters. The van der Waals surface area contributed by atoms with Crippen LogP contribution in [-0.4, -0.2) is 56.3 Å². The normalized spacial score (nSPS) is 17.4. The number of anilines is 2. The molecule has 2 aliphatic rings. The van der Waals surface area contributed by atoms with E-state index in [2.05, 4.69) is 0 Å². The molecule has 224 valence electrons. The van der Waals surface area contributed by atoms with Crippen LogP contribution in [0.1, 0.15) is 62.4 Å². The maximum atomic E-state index is 15.7. The molecule has 0 bridgehead atoms. The van der Waals surface area contributed by atoms with Crippen LogP contribution in [0.2, 0.25) is 0 Å². The van der Waals surface area contributed by atoms with E-state index in [1.807, 2.05) is 35.2 Å². The molecule has 1 amide bonds. The zero-order chi connectivity index (χ0) is 29.6. The van der Waals surface area contributed by atoms with Crippen LogP contribution in [0.5, 0.6) is 0 Å². The van der Waals surface area contributed by atoms with Crippen molar-refractivity contribution in [1.29, 1.82) is 0 Å². The van der Waals surface area contributed by atoms with Gasteiger partial charge in [-0.1, -0.05) is 34.8 Å². The van der Waals surface area contributed by atoms with Gasteiger partial charge in [-0.05, 0) is 76.1 Å². The predicted molar refractivity (Wildman–Crippen MR) is 150 cm³/mol. The lowest BCUT2D eigenvalue weighted by Gasteiger charge is -2.34. The molecule has 41 heavy (non-hydrogen) atoms. The van der Waals surface area contributed by atoms with Crippen LogP contribution in [0.15, 0.2) is 48.5 Å². The molecule has 2 aliphatic heterocycles. The number of hydrogen-bond donors (Lipinski definition) is 0. The molecule has 4 rings (SSSR count). The summed E-state index contributed by atoms with van der Waals surface area (Å²) in [5.41, 5.74) is -0.126. The van der Waals surface area contributed by atoms with Gasteiger partial charge >= 0.3 is 17.8 Å². The van der Waals surface area contributed by atoms with Crippen molar-refractivity contribution in [1.82, 2.24) is 0 Å². The number of hydrogen-bond acceptors (Lipinski definition) is 6. The molecule has 0 N–H and O–H groups in total. The Bertz CT molecular complexity index is 1170. The van der Waals surface area contributed by atoms with Crippen LogP contribution in [0.25, 0.3) is 0 Å². The number of carbonyl (C=O) groups excluding carboxylic acids is 2. The molecule has 0 aromatic heterocycles. The number of carbonyl (C=O) groups is 2. The van der Waals surface area contributed by atoms with E-state index in [9.17, 15) is 9.59 Å². The number of amides is 1. The Morgan fingerprint density at radius 2 is 1.66 bits per heavy atom. The van der Waals surface area contributed by atoms with Crippen LogP contribution in [0, 0.1) is 11.8 Å². The first-order valence-electron chi connectivity index (χ1n) is 14.2. The van der Waals surface area contributed by atoms with Crippen molar-refractivity contribution in [2.75, 3.05) is 42.9 Å². The first-order valence-corrected chi connectivity index (χ1v) is 14.2. The van der Waals surface area contributed by atoms with Gasteiger partial charge < -0.3 is 19.1 Å². The topological polar surface area (TPSA) is 68.3 Å². The first kappa shape index (κ1) is 30.8. The highest BCUT2D eigenvalue weighted by atomic mass is 19.3. The fourth-order valence-electron chi connectivity index (χ4n) is 5.14. The summed E-state index contributed by atoms with van der Waals surface area (Å²) in [5, 5.41) is -0.581. The molecule has 0 aliphatic carbocycles. The van der Waals surface area contributed by atoms with Gasteiger partial charge in [-0.15, -0.1) is 5.12 Å². The summed E-state index contributed by atoms with van der Waals surface area (Å²) < 4.78 is 62.3. The van der Waals surface area contributed by atoms with Crippen molar-refractivity contribution in [3.63, 3.8) is 0 Å². The molecule has 2 aromatic rings. The van der Waals surface area contributed by atoms with E-state index in [0.29, 0.717) is 37.9 Å². The summed E-state index contributed by atoms with van der Waals surface area (Å²) in [7, 11) is 0. The average Bonchev–Trinajstić information content (AvgIpc) is 2.96. The molecular formula is C31H39F3N2O5. The first-order chi connectivity index (χ1) is 19.5. The maximum Gasteiger partial charge on any atom is 0.340 e. The molecule has 7 nitrogen and oxygen atoms in total. The quantitative estimate of drug-likeness (QED) is 0.256. The average molecular weight is 577 g/mol. The highest BCUT2D eigenvalue weighted by Crippen LogP contribution is 2.38. The van der Waals surface area contributed by atoms with Crippen molar-refractivity contribution >= 4 is 23.3 Å². The minimum Gasteiger partial charge on any atom is -0.456 e. The Morgan fingerprint density at radius 3 is 2.29 bits per heavy atom. The summed E-state index contributed by atoms with van der Waals surface area (Å²) in [6, 6.07) is 14.2. The molecule has 2 fully saturated rings. The minimum absolute atomic E-state index is 0.0600. The van der Waals surface area contributed by atoms with Gasteiger partial charge in [0.15, 0.2) is 0 Å². The number of piperidine rings is 1. The van der Waals surface area contributed by atoms with Crippen molar-refractivity contribution in [2.24, 2.45) is 11.8 Å². The third-order valence-electron chi connectivity index (χ3n) is 7.45. The Balaban J connectivity index is 1.48. The van der Waals surface area contributed by atoms with Gasteiger partial charge in [0.2, 0.25) is 0 Å². The highest BCUT2D eigenvalue weighted by Gasteiger charge is 2.51. The zero-order valence-corrected chi connectivity index (χ0v) is 23.9. The Labute approximate surface area is 239 Å². The lowest BCUT2D eigenvalue weighted by Crippen LogP contribution is -2.47. The minimum atomic E-state index is -3.96. The summed E-state index contributed by atoms with van der Waals surface area (Å²) in [6.45, 7) is 7.48. The molecule has 2 aromatic carbocycles. The third kappa shape index (κ3) is 8.01. The summed E-state index contributed by atoms with van der Waals surface area (Å²) in [5.74, 6) is -7.87. The fourth-order valence-corrected chi connectivity index (χ4v) is 5.14. The summed E-state index contributed by atoms with van der Waals surface area (Å²) in [4.78, 5) is 27.8. The predicted octanol–water partition coefficient (Wildman–Crippen LogP) is 6.35. The Hall–Kier alpha value is -3.11. The third-order valence-corrected chi connectivity index (χ3v) is 7.45. The Morgan fingerprint density at radius 1 is 1.00 bits per heavy atom. The molecular weight excluding hydrogens is 537 g/mol. The molecule has 0 atom stereocenters. The summed E-state index contributed by atoms with van der Waals surface area (Å²) >= 11 is 0. The number of rotatable bonds is 9. The zero-order valence-electron chi connectivity index (χ0n) is 23.9. The number of ether oxygens (including phenoxy) is 3. The molecule has 0 radical (unpaired) electrons. The number of nitrogens with zero attached hydrogens (tertiary/aromatic N) is 2. The number of halogens is 3. The largest absolute Gasteiger partial charge is 0.456 e. The van der Waals surface area contributed by atoms with E-state index < -0.39 is 40.1 Å². The van der Waals surface area contributed by atoms with Gasteiger partial charge in [-0.3, -0.25) is 4.79 Å². The molecule has 0 spiro atoms. The van der Waals surface area contributed by atoms with Gasteiger partial charge in [0, 0.05) is 44.5 Å².